The number of halogens is 1. The van der Waals surface area contributed by atoms with E-state index in [1.165, 1.54) is 11.1 Å². The van der Waals surface area contributed by atoms with Crippen LogP contribution in [-0.4, -0.2) is 42.6 Å². The Balaban J connectivity index is 2.78. The van der Waals surface area contributed by atoms with Crippen molar-refractivity contribution in [1.29, 1.82) is 5.41 Å². The first-order valence-electron chi connectivity index (χ1n) is 4.65. The summed E-state index contributed by atoms with van der Waals surface area (Å²) in [5.74, 6) is -0.0520. The number of hydrogen-bond acceptors (Lipinski definition) is 4. The van der Waals surface area contributed by atoms with Gasteiger partial charge in [0.2, 0.25) is 5.91 Å². The van der Waals surface area contributed by atoms with Gasteiger partial charge < -0.3 is 15.6 Å². The molecule has 1 rings (SSSR count). The molecule has 0 fully saturated rings. The molecule has 0 atom stereocenters. The van der Waals surface area contributed by atoms with Crippen molar-refractivity contribution in [3.05, 3.63) is 23.0 Å². The van der Waals surface area contributed by atoms with Crippen LogP contribution in [-0.2, 0) is 4.79 Å². The highest BCUT2D eigenvalue weighted by molar-refractivity contribution is 6.32. The summed E-state index contributed by atoms with van der Waals surface area (Å²) in [5, 5.41) is 10.4. The van der Waals surface area contributed by atoms with Gasteiger partial charge in [0.05, 0.1) is 12.1 Å². The van der Waals surface area contributed by atoms with Crippen LogP contribution in [0.4, 0.5) is 5.69 Å². The van der Waals surface area contributed by atoms with Gasteiger partial charge in [-0.2, -0.15) is 0 Å². The molecular weight excluding hydrogens is 228 g/mol. The van der Waals surface area contributed by atoms with E-state index in [-0.39, 0.29) is 17.6 Å². The van der Waals surface area contributed by atoms with Gasteiger partial charge in [-0.15, -0.1) is 0 Å². The second-order valence-corrected chi connectivity index (χ2v) is 3.71. The lowest BCUT2D eigenvalue weighted by atomic mass is 10.2. The zero-order chi connectivity index (χ0) is 12.1. The predicted octanol–water partition coefficient (Wildman–Crippen LogP) is 1.23. The predicted molar refractivity (Wildman–Crippen MR) is 64.3 cm³/mol. The van der Waals surface area contributed by atoms with Crippen molar-refractivity contribution >= 4 is 29.4 Å². The second kappa shape index (κ2) is 5.46. The van der Waals surface area contributed by atoms with E-state index in [1.54, 1.807) is 20.2 Å². The Morgan fingerprint density at radius 3 is 2.94 bits per heavy atom. The monoisotopic (exact) mass is 240 g/mol. The fraction of sp³-hybridized carbons (Fsp3) is 0.300. The van der Waals surface area contributed by atoms with Crippen LogP contribution in [0.1, 0.15) is 5.56 Å². The molecule has 1 aromatic heterocycles. The lowest BCUT2D eigenvalue weighted by Crippen LogP contribution is -2.28. The van der Waals surface area contributed by atoms with E-state index in [0.717, 1.165) is 6.21 Å². The molecule has 0 unspecified atom stereocenters. The molecule has 16 heavy (non-hydrogen) atoms. The van der Waals surface area contributed by atoms with Crippen LogP contribution in [0.5, 0.6) is 0 Å². The van der Waals surface area contributed by atoms with E-state index < -0.39 is 0 Å². The number of hydrogen-bond donors (Lipinski definition) is 2. The molecule has 1 heterocycles. The molecule has 6 heteroatoms. The molecule has 86 valence electrons. The van der Waals surface area contributed by atoms with Crippen LogP contribution in [0.15, 0.2) is 12.3 Å². The number of nitrogens with one attached hydrogen (secondary N) is 2. The molecular formula is C10H13ClN4O. The Morgan fingerprint density at radius 1 is 1.69 bits per heavy atom. The summed E-state index contributed by atoms with van der Waals surface area (Å²) in [4.78, 5) is 16.7. The number of anilines is 1. The Morgan fingerprint density at radius 2 is 2.38 bits per heavy atom. The maximum Gasteiger partial charge on any atom is 0.241 e. The molecule has 0 aliphatic carbocycles. The van der Waals surface area contributed by atoms with E-state index in [0.29, 0.717) is 11.3 Å². The lowest BCUT2D eigenvalue weighted by molar-refractivity contribution is -0.126. The topological polar surface area (TPSA) is 69.1 Å². The maximum atomic E-state index is 11.4. The van der Waals surface area contributed by atoms with E-state index in [1.807, 2.05) is 0 Å². The number of pyridine rings is 1. The van der Waals surface area contributed by atoms with Gasteiger partial charge in [0.15, 0.2) is 0 Å². The maximum absolute atomic E-state index is 11.4. The highest BCUT2D eigenvalue weighted by Crippen LogP contribution is 2.19. The number of nitrogens with zero attached hydrogens (tertiary/aromatic N) is 2. The second-order valence-electron chi connectivity index (χ2n) is 3.35. The largest absolute Gasteiger partial charge is 0.375 e. The van der Waals surface area contributed by atoms with Gasteiger partial charge in [-0.3, -0.25) is 4.79 Å². The number of carbonyl (C=O) groups is 1. The van der Waals surface area contributed by atoms with Crippen molar-refractivity contribution < 1.29 is 4.79 Å². The van der Waals surface area contributed by atoms with Crippen LogP contribution in [0, 0.1) is 5.41 Å². The third-order valence-electron chi connectivity index (χ3n) is 2.01. The Hall–Kier alpha value is -1.62. The number of likely N-dealkylation sites (N-methyl/N-ethyl adjacent to an activating group) is 1. The van der Waals surface area contributed by atoms with Crippen molar-refractivity contribution in [1.82, 2.24) is 9.88 Å². The highest BCUT2D eigenvalue weighted by atomic mass is 35.5. The van der Waals surface area contributed by atoms with Gasteiger partial charge in [-0.25, -0.2) is 4.98 Å². The molecule has 1 amide bonds. The first kappa shape index (κ1) is 12.4. The number of aromatic nitrogens is 1. The first-order chi connectivity index (χ1) is 7.56. The van der Waals surface area contributed by atoms with Crippen molar-refractivity contribution in [2.75, 3.05) is 26.0 Å². The molecule has 0 spiro atoms. The summed E-state index contributed by atoms with van der Waals surface area (Å²) in [6.07, 6.45) is 2.63. The van der Waals surface area contributed by atoms with Crippen LogP contribution in [0.25, 0.3) is 0 Å². The Labute approximate surface area is 98.9 Å². The molecule has 0 aliphatic rings. The molecule has 1 aromatic rings. The van der Waals surface area contributed by atoms with Crippen LogP contribution < -0.4 is 5.32 Å². The normalized spacial score (nSPS) is 9.69. The minimum atomic E-state index is -0.0520. The molecule has 0 radical (unpaired) electrons. The number of carbonyl (C=O) groups excluding carboxylic acids is 1. The van der Waals surface area contributed by atoms with Crippen LogP contribution >= 0.6 is 11.6 Å². The summed E-state index contributed by atoms with van der Waals surface area (Å²) in [7, 11) is 3.36. The van der Waals surface area contributed by atoms with Crippen LogP contribution in [0.2, 0.25) is 5.15 Å². The van der Waals surface area contributed by atoms with Crippen molar-refractivity contribution in [3.8, 4) is 0 Å². The summed E-state index contributed by atoms with van der Waals surface area (Å²) >= 11 is 5.81. The summed E-state index contributed by atoms with van der Waals surface area (Å²) < 4.78 is 0. The molecule has 5 nitrogen and oxygen atoms in total. The lowest BCUT2D eigenvalue weighted by Gasteiger charge is -2.13. The van der Waals surface area contributed by atoms with Gasteiger partial charge in [-0.1, -0.05) is 11.6 Å². The number of amides is 1. The fourth-order valence-corrected chi connectivity index (χ4v) is 1.28. The Kier molecular flexibility index (Phi) is 4.25. The molecule has 0 aliphatic heterocycles. The first-order valence-corrected chi connectivity index (χ1v) is 5.03. The van der Waals surface area contributed by atoms with Gasteiger partial charge in [0.1, 0.15) is 5.15 Å². The SMILES string of the molecule is CN(C)C(=O)CNc1ccnc(Cl)c1C=N. The minimum absolute atomic E-state index is 0.0520. The van der Waals surface area contributed by atoms with Crippen molar-refractivity contribution in [3.63, 3.8) is 0 Å². The Bertz CT molecular complexity index is 406. The summed E-state index contributed by atoms with van der Waals surface area (Å²) in [5.41, 5.74) is 1.11. The molecule has 0 bridgehead atoms. The van der Waals surface area contributed by atoms with Gasteiger partial charge in [-0.05, 0) is 6.07 Å². The highest BCUT2D eigenvalue weighted by Gasteiger charge is 2.08. The smallest absolute Gasteiger partial charge is 0.241 e. The molecule has 2 N–H and O–H groups in total. The zero-order valence-electron chi connectivity index (χ0n) is 9.12. The van der Waals surface area contributed by atoms with E-state index in [4.69, 9.17) is 17.0 Å². The number of rotatable bonds is 4. The van der Waals surface area contributed by atoms with E-state index in [9.17, 15) is 4.79 Å². The molecule has 0 saturated carbocycles. The van der Waals surface area contributed by atoms with Crippen molar-refractivity contribution in [2.24, 2.45) is 0 Å². The standard InChI is InChI=1S/C10H13ClN4O/c1-15(2)9(16)6-14-8-3-4-13-10(11)7(8)5-12/h3-5,12H,6H2,1-2H3,(H,13,14). The quantitative estimate of drug-likeness (QED) is 0.615. The van der Waals surface area contributed by atoms with Gasteiger partial charge >= 0.3 is 0 Å². The van der Waals surface area contributed by atoms with Gasteiger partial charge in [0, 0.05) is 32.2 Å². The minimum Gasteiger partial charge on any atom is -0.375 e. The van der Waals surface area contributed by atoms with E-state index in [2.05, 4.69) is 10.3 Å². The fourth-order valence-electron chi connectivity index (χ4n) is 1.07. The molecule has 0 saturated heterocycles. The summed E-state index contributed by atoms with van der Waals surface area (Å²) in [6.45, 7) is 0.161. The average molecular weight is 241 g/mol. The van der Waals surface area contributed by atoms with Crippen molar-refractivity contribution in [2.45, 2.75) is 0 Å². The third kappa shape index (κ3) is 2.93. The summed E-state index contributed by atoms with van der Waals surface area (Å²) in [6, 6.07) is 1.68. The van der Waals surface area contributed by atoms with E-state index >= 15 is 0 Å². The third-order valence-corrected chi connectivity index (χ3v) is 2.32. The van der Waals surface area contributed by atoms with Crippen LogP contribution in [0.3, 0.4) is 0 Å². The average Bonchev–Trinajstić information content (AvgIpc) is 2.25. The molecule has 0 aromatic carbocycles. The zero-order valence-corrected chi connectivity index (χ0v) is 9.88. The van der Waals surface area contributed by atoms with Gasteiger partial charge in [0.25, 0.3) is 0 Å².